The van der Waals surface area contributed by atoms with Crippen LogP contribution in [-0.4, -0.2) is 30.3 Å². The molecule has 1 aromatic carbocycles. The van der Waals surface area contributed by atoms with E-state index >= 15 is 0 Å². The molecule has 0 bridgehead atoms. The highest BCUT2D eigenvalue weighted by Crippen LogP contribution is 2.31. The van der Waals surface area contributed by atoms with E-state index in [1.54, 1.807) is 0 Å². The molecule has 1 saturated heterocycles. The Labute approximate surface area is 135 Å². The van der Waals surface area contributed by atoms with Crippen molar-refractivity contribution < 1.29 is 4.79 Å². The Hall–Kier alpha value is -1.15. The van der Waals surface area contributed by atoms with Crippen molar-refractivity contribution in [1.29, 1.82) is 0 Å². The third kappa shape index (κ3) is 4.95. The van der Waals surface area contributed by atoms with Crippen molar-refractivity contribution in [3.8, 4) is 0 Å². The van der Waals surface area contributed by atoms with Crippen molar-refractivity contribution in [1.82, 2.24) is 4.90 Å². The normalized spacial score (nSPS) is 18.1. The molecule has 1 aliphatic heterocycles. The first-order valence-corrected chi connectivity index (χ1v) is 8.80. The molecule has 2 heteroatoms. The Morgan fingerprint density at radius 3 is 2.32 bits per heavy atom. The van der Waals surface area contributed by atoms with Gasteiger partial charge < -0.3 is 4.90 Å². The number of Topliss-reactive ketones (excluding diaryl/α,β-unsaturated/α-hetero) is 1. The van der Waals surface area contributed by atoms with Crippen molar-refractivity contribution in [2.75, 3.05) is 19.6 Å². The molecule has 1 heterocycles. The molecule has 0 N–H and O–H groups in total. The molecular formula is C20H31NO. The molecule has 1 unspecified atom stereocenters. The molecule has 0 spiro atoms. The Kier molecular flexibility index (Phi) is 6.19. The summed E-state index contributed by atoms with van der Waals surface area (Å²) in [6, 6.07) is 10.3. The Morgan fingerprint density at radius 1 is 1.09 bits per heavy atom. The summed E-state index contributed by atoms with van der Waals surface area (Å²) in [6.07, 6.45) is 6.13. The van der Waals surface area contributed by atoms with Gasteiger partial charge in [-0.25, -0.2) is 0 Å². The van der Waals surface area contributed by atoms with Crippen molar-refractivity contribution >= 4 is 5.78 Å². The minimum absolute atomic E-state index is 0.0472. The van der Waals surface area contributed by atoms with E-state index in [9.17, 15) is 4.79 Å². The van der Waals surface area contributed by atoms with Gasteiger partial charge in [0.1, 0.15) is 5.78 Å². The lowest BCUT2D eigenvalue weighted by atomic mass is 9.78. The van der Waals surface area contributed by atoms with Gasteiger partial charge in [-0.2, -0.15) is 0 Å². The van der Waals surface area contributed by atoms with Crippen LogP contribution in [0.5, 0.6) is 0 Å². The van der Waals surface area contributed by atoms with Crippen molar-refractivity contribution in [2.45, 2.75) is 58.8 Å². The average Bonchev–Trinajstić information content (AvgIpc) is 2.52. The summed E-state index contributed by atoms with van der Waals surface area (Å²) in [5.74, 6) is 0.420. The first-order valence-electron chi connectivity index (χ1n) is 8.80. The third-order valence-electron chi connectivity index (χ3n) is 4.67. The second-order valence-electron chi connectivity index (χ2n) is 7.62. The maximum absolute atomic E-state index is 12.8. The summed E-state index contributed by atoms with van der Waals surface area (Å²) in [4.78, 5) is 15.4. The molecule has 1 aromatic rings. The second kappa shape index (κ2) is 7.92. The van der Waals surface area contributed by atoms with Gasteiger partial charge in [0, 0.05) is 11.3 Å². The van der Waals surface area contributed by atoms with Gasteiger partial charge in [-0.3, -0.25) is 4.79 Å². The fourth-order valence-corrected chi connectivity index (χ4v) is 3.36. The van der Waals surface area contributed by atoms with E-state index in [1.807, 2.05) is 39.0 Å². The topological polar surface area (TPSA) is 20.3 Å². The number of benzene rings is 1. The van der Waals surface area contributed by atoms with Gasteiger partial charge in [0.2, 0.25) is 0 Å². The number of ketones is 1. The third-order valence-corrected chi connectivity index (χ3v) is 4.67. The zero-order valence-corrected chi connectivity index (χ0v) is 14.5. The monoisotopic (exact) mass is 301 g/mol. The van der Waals surface area contributed by atoms with Crippen molar-refractivity contribution in [2.24, 2.45) is 5.41 Å². The molecule has 0 saturated carbocycles. The minimum atomic E-state index is -0.272. The summed E-state index contributed by atoms with van der Waals surface area (Å²) >= 11 is 0. The second-order valence-corrected chi connectivity index (χ2v) is 7.62. The number of rotatable bonds is 6. The van der Waals surface area contributed by atoms with Crippen LogP contribution in [0, 0.1) is 5.41 Å². The summed E-state index contributed by atoms with van der Waals surface area (Å²) in [7, 11) is 0. The number of hydrogen-bond acceptors (Lipinski definition) is 2. The standard InChI is InChI=1S/C20H31NO/c1-20(2,3)19(22)18(17-11-6-4-7-12-17)13-10-16-21-14-8-5-9-15-21/h4,6-7,11-12,18H,5,8-10,13-16H2,1-3H3. The summed E-state index contributed by atoms with van der Waals surface area (Å²) in [5.41, 5.74) is 0.909. The molecule has 0 aliphatic carbocycles. The van der Waals surface area contributed by atoms with Gasteiger partial charge in [-0.05, 0) is 50.9 Å². The predicted molar refractivity (Wildman–Crippen MR) is 93.2 cm³/mol. The van der Waals surface area contributed by atoms with E-state index in [0.29, 0.717) is 5.78 Å². The SMILES string of the molecule is CC(C)(C)C(=O)C(CCCN1CCCCC1)c1ccccc1. The fraction of sp³-hybridized carbons (Fsp3) is 0.650. The van der Waals surface area contributed by atoms with E-state index in [1.165, 1.54) is 37.9 Å². The Bertz CT molecular complexity index is 454. The molecule has 1 atom stereocenters. The molecular weight excluding hydrogens is 270 g/mol. The largest absolute Gasteiger partial charge is 0.303 e. The van der Waals surface area contributed by atoms with Crippen LogP contribution < -0.4 is 0 Å². The summed E-state index contributed by atoms with van der Waals surface area (Å²) < 4.78 is 0. The number of nitrogens with zero attached hydrogens (tertiary/aromatic N) is 1. The van der Waals surface area contributed by atoms with Crippen molar-refractivity contribution in [3.63, 3.8) is 0 Å². The molecule has 2 rings (SSSR count). The Balaban J connectivity index is 1.97. The van der Waals surface area contributed by atoms with Crippen LogP contribution in [0.15, 0.2) is 30.3 Å². The molecule has 1 aliphatic rings. The number of hydrogen-bond donors (Lipinski definition) is 0. The zero-order chi connectivity index (χ0) is 16.0. The quantitative estimate of drug-likeness (QED) is 0.762. The van der Waals surface area contributed by atoms with Gasteiger partial charge in [-0.15, -0.1) is 0 Å². The molecule has 22 heavy (non-hydrogen) atoms. The van der Waals surface area contributed by atoms with E-state index < -0.39 is 0 Å². The molecule has 0 aromatic heterocycles. The van der Waals surface area contributed by atoms with Crippen LogP contribution >= 0.6 is 0 Å². The lowest BCUT2D eigenvalue weighted by Gasteiger charge is -2.28. The number of carbonyl (C=O) groups is 1. The summed E-state index contributed by atoms with van der Waals surface area (Å²) in [5, 5.41) is 0. The van der Waals surface area contributed by atoms with E-state index in [0.717, 1.165) is 19.4 Å². The molecule has 0 amide bonds. The maximum atomic E-state index is 12.8. The highest BCUT2D eigenvalue weighted by molar-refractivity contribution is 5.90. The van der Waals surface area contributed by atoms with Gasteiger partial charge in [0.05, 0.1) is 0 Å². The van der Waals surface area contributed by atoms with E-state index in [-0.39, 0.29) is 11.3 Å². The fourth-order valence-electron chi connectivity index (χ4n) is 3.36. The van der Waals surface area contributed by atoms with Crippen molar-refractivity contribution in [3.05, 3.63) is 35.9 Å². The first kappa shape index (κ1) is 17.2. The first-order chi connectivity index (χ1) is 10.5. The lowest BCUT2D eigenvalue weighted by Crippen LogP contribution is -2.32. The molecule has 0 radical (unpaired) electrons. The highest BCUT2D eigenvalue weighted by Gasteiger charge is 2.30. The predicted octanol–water partition coefficient (Wildman–Crippen LogP) is 4.65. The van der Waals surface area contributed by atoms with Crippen LogP contribution in [0.1, 0.15) is 64.4 Å². The molecule has 122 valence electrons. The smallest absolute Gasteiger partial charge is 0.145 e. The van der Waals surface area contributed by atoms with Gasteiger partial charge in [0.15, 0.2) is 0 Å². The van der Waals surface area contributed by atoms with Gasteiger partial charge >= 0.3 is 0 Å². The molecule has 2 nitrogen and oxygen atoms in total. The summed E-state index contributed by atoms with van der Waals surface area (Å²) in [6.45, 7) is 9.73. The maximum Gasteiger partial charge on any atom is 0.145 e. The Morgan fingerprint density at radius 2 is 1.73 bits per heavy atom. The molecule has 1 fully saturated rings. The van der Waals surface area contributed by atoms with Crippen LogP contribution in [-0.2, 0) is 4.79 Å². The van der Waals surface area contributed by atoms with E-state index in [4.69, 9.17) is 0 Å². The van der Waals surface area contributed by atoms with Crippen LogP contribution in [0.2, 0.25) is 0 Å². The van der Waals surface area contributed by atoms with Crippen LogP contribution in [0.3, 0.4) is 0 Å². The zero-order valence-electron chi connectivity index (χ0n) is 14.5. The van der Waals surface area contributed by atoms with Crippen LogP contribution in [0.25, 0.3) is 0 Å². The minimum Gasteiger partial charge on any atom is -0.303 e. The van der Waals surface area contributed by atoms with E-state index in [2.05, 4.69) is 17.0 Å². The highest BCUT2D eigenvalue weighted by atomic mass is 16.1. The average molecular weight is 301 g/mol. The van der Waals surface area contributed by atoms with Crippen LogP contribution in [0.4, 0.5) is 0 Å². The lowest BCUT2D eigenvalue weighted by molar-refractivity contribution is -0.128. The number of piperidine rings is 1. The van der Waals surface area contributed by atoms with Gasteiger partial charge in [-0.1, -0.05) is 57.5 Å². The number of carbonyl (C=O) groups excluding carboxylic acids is 1. The van der Waals surface area contributed by atoms with Gasteiger partial charge in [0.25, 0.3) is 0 Å². The number of likely N-dealkylation sites (tertiary alicyclic amines) is 1.